The SMILES string of the molecule is CCC(C)/C(C)=C/C(C)C1CCC2=C3CCC4C[C@@H](O)CC[C@]4(C)C3CC[C@@]21C. The molecule has 3 saturated carbocycles. The molecule has 1 nitrogen and oxygen atoms in total. The second kappa shape index (κ2) is 7.85. The Morgan fingerprint density at radius 2 is 1.86 bits per heavy atom. The number of allylic oxidation sites excluding steroid dienone is 4. The molecule has 0 aromatic rings. The molecule has 0 spiro atoms. The van der Waals surface area contributed by atoms with Gasteiger partial charge in [0.25, 0.3) is 0 Å². The number of fused-ring (bicyclic) bond motifs is 4. The van der Waals surface area contributed by atoms with Gasteiger partial charge in [0.2, 0.25) is 0 Å². The first-order valence-corrected chi connectivity index (χ1v) is 12.8. The largest absolute Gasteiger partial charge is 0.393 e. The highest BCUT2D eigenvalue weighted by Crippen LogP contribution is 2.65. The number of aliphatic hydroxyl groups is 1. The fraction of sp³-hybridized carbons (Fsp3) is 0.857. The third-order valence-corrected chi connectivity index (χ3v) is 10.6. The summed E-state index contributed by atoms with van der Waals surface area (Å²) in [6.45, 7) is 14.8. The summed E-state index contributed by atoms with van der Waals surface area (Å²) in [5.74, 6) is 3.80. The summed E-state index contributed by atoms with van der Waals surface area (Å²) in [5, 5.41) is 10.3. The summed E-state index contributed by atoms with van der Waals surface area (Å²) in [7, 11) is 0. The Balaban J connectivity index is 1.61. The van der Waals surface area contributed by atoms with Gasteiger partial charge in [-0.05, 0) is 112 Å². The molecule has 3 fully saturated rings. The number of rotatable bonds is 4. The van der Waals surface area contributed by atoms with E-state index in [4.69, 9.17) is 0 Å². The molecule has 0 radical (unpaired) electrons. The summed E-state index contributed by atoms with van der Waals surface area (Å²) in [6.07, 6.45) is 15.4. The van der Waals surface area contributed by atoms with E-state index in [2.05, 4.69) is 47.6 Å². The van der Waals surface area contributed by atoms with Gasteiger partial charge < -0.3 is 5.11 Å². The van der Waals surface area contributed by atoms with E-state index in [1.807, 2.05) is 11.1 Å². The molecule has 0 amide bonds. The molecule has 4 rings (SSSR count). The topological polar surface area (TPSA) is 20.2 Å². The minimum absolute atomic E-state index is 0.0339. The normalized spacial score (nSPS) is 44.7. The number of aliphatic hydroxyl groups excluding tert-OH is 1. The highest BCUT2D eigenvalue weighted by Gasteiger charge is 2.55. The maximum Gasteiger partial charge on any atom is 0.0543 e. The quantitative estimate of drug-likeness (QED) is 0.481. The lowest BCUT2D eigenvalue weighted by Gasteiger charge is -2.56. The van der Waals surface area contributed by atoms with Crippen molar-refractivity contribution in [1.82, 2.24) is 0 Å². The van der Waals surface area contributed by atoms with Crippen molar-refractivity contribution in [2.45, 2.75) is 112 Å². The monoisotopic (exact) mass is 398 g/mol. The lowest BCUT2D eigenvalue weighted by Crippen LogP contribution is -2.48. The highest BCUT2D eigenvalue weighted by molar-refractivity contribution is 5.35. The Bertz CT molecular complexity index is 686. The zero-order chi connectivity index (χ0) is 21.0. The molecule has 5 unspecified atom stereocenters. The second-order valence-electron chi connectivity index (χ2n) is 11.9. The zero-order valence-corrected chi connectivity index (χ0v) is 20.1. The van der Waals surface area contributed by atoms with Crippen LogP contribution in [0.1, 0.15) is 106 Å². The van der Waals surface area contributed by atoms with Crippen LogP contribution in [0.3, 0.4) is 0 Å². The third-order valence-electron chi connectivity index (χ3n) is 10.6. The van der Waals surface area contributed by atoms with E-state index in [1.165, 1.54) is 51.4 Å². The minimum Gasteiger partial charge on any atom is -0.393 e. The molecular weight excluding hydrogens is 352 g/mol. The van der Waals surface area contributed by atoms with E-state index in [1.54, 1.807) is 5.57 Å². The summed E-state index contributed by atoms with van der Waals surface area (Å²) >= 11 is 0. The van der Waals surface area contributed by atoms with Crippen molar-refractivity contribution in [3.8, 4) is 0 Å². The Kier molecular flexibility index (Phi) is 5.86. The highest BCUT2D eigenvalue weighted by atomic mass is 16.3. The van der Waals surface area contributed by atoms with E-state index in [9.17, 15) is 5.11 Å². The third kappa shape index (κ3) is 3.48. The first kappa shape index (κ1) is 21.7. The van der Waals surface area contributed by atoms with Crippen molar-refractivity contribution in [1.29, 1.82) is 0 Å². The first-order valence-electron chi connectivity index (χ1n) is 12.8. The maximum absolute atomic E-state index is 10.3. The van der Waals surface area contributed by atoms with Crippen LogP contribution in [0.2, 0.25) is 0 Å². The lowest BCUT2D eigenvalue weighted by atomic mass is 9.49. The molecule has 0 aliphatic heterocycles. The molecular formula is C28H46O. The van der Waals surface area contributed by atoms with E-state index in [-0.39, 0.29) is 6.10 Å². The van der Waals surface area contributed by atoms with Gasteiger partial charge in [-0.2, -0.15) is 0 Å². The van der Waals surface area contributed by atoms with Crippen LogP contribution >= 0.6 is 0 Å². The Labute approximate surface area is 180 Å². The van der Waals surface area contributed by atoms with E-state index in [0.29, 0.717) is 16.7 Å². The van der Waals surface area contributed by atoms with Crippen molar-refractivity contribution in [3.63, 3.8) is 0 Å². The van der Waals surface area contributed by atoms with Crippen molar-refractivity contribution in [3.05, 3.63) is 22.8 Å². The molecule has 29 heavy (non-hydrogen) atoms. The van der Waals surface area contributed by atoms with Crippen LogP contribution in [0.5, 0.6) is 0 Å². The van der Waals surface area contributed by atoms with Crippen molar-refractivity contribution in [2.75, 3.05) is 0 Å². The first-order chi connectivity index (χ1) is 13.7. The predicted octanol–water partition coefficient (Wildman–Crippen LogP) is 7.70. The van der Waals surface area contributed by atoms with E-state index < -0.39 is 0 Å². The summed E-state index contributed by atoms with van der Waals surface area (Å²) < 4.78 is 0. The Morgan fingerprint density at radius 1 is 1.10 bits per heavy atom. The fourth-order valence-corrected chi connectivity index (χ4v) is 8.37. The summed E-state index contributed by atoms with van der Waals surface area (Å²) in [6, 6.07) is 0. The van der Waals surface area contributed by atoms with Crippen LogP contribution in [0, 0.1) is 40.4 Å². The van der Waals surface area contributed by atoms with Crippen molar-refractivity contribution < 1.29 is 5.11 Å². The molecule has 4 aliphatic carbocycles. The standard InChI is InChI=1S/C28H46O/c1-7-18(2)19(3)16-20(4)24-10-11-25-23-9-8-21-17-22(29)12-14-27(21,5)26(23)13-15-28(24,25)6/h16,18,20-22,24,26,29H,7-15,17H2,1-6H3/b19-16+/t18?,20?,21?,22-,24?,26?,27-,28+/m0/s1. The van der Waals surface area contributed by atoms with Gasteiger partial charge in [-0.15, -0.1) is 0 Å². The smallest absolute Gasteiger partial charge is 0.0543 e. The van der Waals surface area contributed by atoms with Gasteiger partial charge in [-0.25, -0.2) is 0 Å². The molecule has 1 heteroatoms. The van der Waals surface area contributed by atoms with Crippen molar-refractivity contribution in [2.24, 2.45) is 40.4 Å². The van der Waals surface area contributed by atoms with Gasteiger partial charge in [0.1, 0.15) is 0 Å². The van der Waals surface area contributed by atoms with Crippen LogP contribution < -0.4 is 0 Å². The van der Waals surface area contributed by atoms with Gasteiger partial charge in [-0.3, -0.25) is 0 Å². The molecule has 4 aliphatic rings. The van der Waals surface area contributed by atoms with E-state index >= 15 is 0 Å². The van der Waals surface area contributed by atoms with Gasteiger partial charge in [0, 0.05) is 0 Å². The lowest BCUT2D eigenvalue weighted by molar-refractivity contribution is -0.0377. The maximum atomic E-state index is 10.3. The van der Waals surface area contributed by atoms with Gasteiger partial charge >= 0.3 is 0 Å². The predicted molar refractivity (Wildman–Crippen MR) is 124 cm³/mol. The fourth-order valence-electron chi connectivity index (χ4n) is 8.37. The number of hydrogen-bond donors (Lipinski definition) is 1. The summed E-state index contributed by atoms with van der Waals surface area (Å²) in [4.78, 5) is 0. The number of hydrogen-bond acceptors (Lipinski definition) is 1. The molecule has 0 bridgehead atoms. The van der Waals surface area contributed by atoms with Crippen LogP contribution in [-0.2, 0) is 0 Å². The second-order valence-corrected chi connectivity index (χ2v) is 11.9. The van der Waals surface area contributed by atoms with Gasteiger partial charge in [0.15, 0.2) is 0 Å². The van der Waals surface area contributed by atoms with Crippen molar-refractivity contribution >= 4 is 0 Å². The molecule has 1 N–H and O–H groups in total. The molecule has 0 heterocycles. The Hall–Kier alpha value is -0.560. The van der Waals surface area contributed by atoms with Gasteiger partial charge in [0.05, 0.1) is 6.10 Å². The average molecular weight is 399 g/mol. The van der Waals surface area contributed by atoms with Crippen LogP contribution in [0.25, 0.3) is 0 Å². The molecule has 0 aromatic carbocycles. The molecule has 8 atom stereocenters. The summed E-state index contributed by atoms with van der Waals surface area (Å²) in [5.41, 5.74) is 6.29. The minimum atomic E-state index is -0.0339. The van der Waals surface area contributed by atoms with Crippen LogP contribution in [-0.4, -0.2) is 11.2 Å². The molecule has 0 aromatic heterocycles. The average Bonchev–Trinajstić information content (AvgIpc) is 3.05. The molecule has 164 valence electrons. The van der Waals surface area contributed by atoms with Crippen LogP contribution in [0.4, 0.5) is 0 Å². The Morgan fingerprint density at radius 3 is 2.59 bits per heavy atom. The molecule has 0 saturated heterocycles. The van der Waals surface area contributed by atoms with Crippen LogP contribution in [0.15, 0.2) is 22.8 Å². The zero-order valence-electron chi connectivity index (χ0n) is 20.1. The van der Waals surface area contributed by atoms with E-state index in [0.717, 1.165) is 36.5 Å². The van der Waals surface area contributed by atoms with Gasteiger partial charge in [-0.1, -0.05) is 57.4 Å².